The van der Waals surface area contributed by atoms with Crippen LogP contribution < -0.4 is 5.73 Å². The number of aryl methyl sites for hydroxylation is 2. The normalized spacial score (nSPS) is 10.2. The highest BCUT2D eigenvalue weighted by atomic mass is 14.7. The van der Waals surface area contributed by atoms with Crippen LogP contribution in [0.3, 0.4) is 0 Å². The maximum atomic E-state index is 5.86. The number of unbranched alkanes of at least 4 members (excludes halogenated alkanes) is 1. The zero-order valence-electron chi connectivity index (χ0n) is 7.80. The van der Waals surface area contributed by atoms with Crippen LogP contribution in [0.1, 0.15) is 31.0 Å². The van der Waals surface area contributed by atoms with Crippen molar-refractivity contribution in [3.05, 3.63) is 23.5 Å². The Bertz CT molecular complexity index is 256. The van der Waals surface area contributed by atoms with Gasteiger partial charge in [-0.1, -0.05) is 13.3 Å². The van der Waals surface area contributed by atoms with Crippen LogP contribution in [0, 0.1) is 6.92 Å². The maximum absolute atomic E-state index is 5.86. The fourth-order valence-corrected chi connectivity index (χ4v) is 1.17. The van der Waals surface area contributed by atoms with Crippen LogP contribution in [-0.4, -0.2) is 4.98 Å². The van der Waals surface area contributed by atoms with E-state index >= 15 is 0 Å². The summed E-state index contributed by atoms with van der Waals surface area (Å²) in [6, 6.07) is 1.95. The number of nitrogens with two attached hydrogens (primary N) is 1. The molecule has 0 atom stereocenters. The molecule has 2 nitrogen and oxygen atoms in total. The molecule has 0 aliphatic heterocycles. The summed E-state index contributed by atoms with van der Waals surface area (Å²) in [7, 11) is 0. The first-order valence-corrected chi connectivity index (χ1v) is 4.45. The zero-order valence-corrected chi connectivity index (χ0v) is 7.80. The van der Waals surface area contributed by atoms with E-state index in [1.165, 1.54) is 12.8 Å². The Morgan fingerprint density at radius 3 is 2.92 bits per heavy atom. The molecule has 0 radical (unpaired) electrons. The van der Waals surface area contributed by atoms with Gasteiger partial charge in [-0.15, -0.1) is 0 Å². The molecular formula is C10H16N2. The first-order valence-electron chi connectivity index (χ1n) is 4.45. The third-order valence-electron chi connectivity index (χ3n) is 2.06. The van der Waals surface area contributed by atoms with Gasteiger partial charge in [0.1, 0.15) is 0 Å². The van der Waals surface area contributed by atoms with E-state index < -0.39 is 0 Å². The Labute approximate surface area is 73.8 Å². The predicted molar refractivity (Wildman–Crippen MR) is 52.0 cm³/mol. The fraction of sp³-hybridized carbons (Fsp3) is 0.500. The van der Waals surface area contributed by atoms with Crippen LogP contribution in [0.4, 0.5) is 5.69 Å². The van der Waals surface area contributed by atoms with Gasteiger partial charge in [-0.3, -0.25) is 4.98 Å². The molecule has 0 aromatic carbocycles. The Balaban J connectivity index is 2.78. The second-order valence-corrected chi connectivity index (χ2v) is 3.09. The maximum Gasteiger partial charge on any atom is 0.0635 e. The molecule has 2 heteroatoms. The molecule has 0 fully saturated rings. The van der Waals surface area contributed by atoms with E-state index in [1.54, 1.807) is 0 Å². The molecule has 1 aromatic heterocycles. The van der Waals surface area contributed by atoms with Crippen molar-refractivity contribution in [2.45, 2.75) is 33.1 Å². The highest BCUT2D eigenvalue weighted by Gasteiger charge is 2.01. The summed E-state index contributed by atoms with van der Waals surface area (Å²) in [5, 5.41) is 0. The monoisotopic (exact) mass is 164 g/mol. The lowest BCUT2D eigenvalue weighted by Gasteiger charge is -2.05. The van der Waals surface area contributed by atoms with E-state index in [4.69, 9.17) is 5.73 Å². The second-order valence-electron chi connectivity index (χ2n) is 3.09. The number of pyridine rings is 1. The first-order chi connectivity index (χ1) is 5.75. The van der Waals surface area contributed by atoms with E-state index in [1.807, 2.05) is 19.2 Å². The minimum Gasteiger partial charge on any atom is -0.397 e. The highest BCUT2D eigenvalue weighted by molar-refractivity contribution is 5.49. The van der Waals surface area contributed by atoms with Gasteiger partial charge in [0, 0.05) is 6.20 Å². The molecule has 0 aliphatic rings. The fourth-order valence-electron chi connectivity index (χ4n) is 1.17. The molecule has 66 valence electrons. The SMILES string of the molecule is CCCCc1nccc(C)c1N. The van der Waals surface area contributed by atoms with Crippen LogP contribution in [-0.2, 0) is 6.42 Å². The molecule has 2 N–H and O–H groups in total. The van der Waals surface area contributed by atoms with Crippen molar-refractivity contribution in [1.29, 1.82) is 0 Å². The largest absolute Gasteiger partial charge is 0.397 e. The lowest BCUT2D eigenvalue weighted by atomic mass is 10.1. The number of rotatable bonds is 3. The van der Waals surface area contributed by atoms with Gasteiger partial charge in [-0.05, 0) is 31.4 Å². The van der Waals surface area contributed by atoms with Crippen molar-refractivity contribution in [2.75, 3.05) is 5.73 Å². The number of anilines is 1. The van der Waals surface area contributed by atoms with Gasteiger partial charge < -0.3 is 5.73 Å². The molecule has 0 bridgehead atoms. The van der Waals surface area contributed by atoms with E-state index in [0.717, 1.165) is 23.4 Å². The summed E-state index contributed by atoms with van der Waals surface area (Å²) in [6.45, 7) is 4.19. The highest BCUT2D eigenvalue weighted by Crippen LogP contribution is 2.15. The van der Waals surface area contributed by atoms with E-state index in [0.29, 0.717) is 0 Å². The summed E-state index contributed by atoms with van der Waals surface area (Å²) in [4.78, 5) is 4.25. The summed E-state index contributed by atoms with van der Waals surface area (Å²) < 4.78 is 0. The number of nitrogens with zero attached hydrogens (tertiary/aromatic N) is 1. The Morgan fingerprint density at radius 1 is 1.50 bits per heavy atom. The second kappa shape index (κ2) is 4.10. The number of nitrogen functional groups attached to an aromatic ring is 1. The van der Waals surface area contributed by atoms with Gasteiger partial charge in [0.25, 0.3) is 0 Å². The van der Waals surface area contributed by atoms with Crippen molar-refractivity contribution < 1.29 is 0 Å². The topological polar surface area (TPSA) is 38.9 Å². The smallest absolute Gasteiger partial charge is 0.0635 e. The molecule has 0 saturated carbocycles. The van der Waals surface area contributed by atoms with Crippen molar-refractivity contribution in [1.82, 2.24) is 4.98 Å². The van der Waals surface area contributed by atoms with Crippen molar-refractivity contribution >= 4 is 5.69 Å². The van der Waals surface area contributed by atoms with Gasteiger partial charge in [0.05, 0.1) is 11.4 Å². The number of hydrogen-bond donors (Lipinski definition) is 1. The minimum atomic E-state index is 0.867. The molecule has 1 heterocycles. The lowest BCUT2D eigenvalue weighted by Crippen LogP contribution is -1.99. The average Bonchev–Trinajstić information content (AvgIpc) is 2.08. The molecule has 1 aromatic rings. The third-order valence-corrected chi connectivity index (χ3v) is 2.06. The standard InChI is InChI=1S/C10H16N2/c1-3-4-5-9-10(11)8(2)6-7-12-9/h6-7H,3-5,11H2,1-2H3. The van der Waals surface area contributed by atoms with Gasteiger partial charge in [-0.2, -0.15) is 0 Å². The van der Waals surface area contributed by atoms with Crippen LogP contribution >= 0.6 is 0 Å². The number of hydrogen-bond acceptors (Lipinski definition) is 2. The molecular weight excluding hydrogens is 148 g/mol. The summed E-state index contributed by atoms with van der Waals surface area (Å²) >= 11 is 0. The third kappa shape index (κ3) is 1.97. The van der Waals surface area contributed by atoms with Crippen LogP contribution in [0.15, 0.2) is 12.3 Å². The Kier molecular flexibility index (Phi) is 3.09. The van der Waals surface area contributed by atoms with Crippen molar-refractivity contribution in [2.24, 2.45) is 0 Å². The zero-order chi connectivity index (χ0) is 8.97. The molecule has 1 rings (SSSR count). The Morgan fingerprint density at radius 2 is 2.25 bits per heavy atom. The quantitative estimate of drug-likeness (QED) is 0.744. The molecule has 0 saturated heterocycles. The van der Waals surface area contributed by atoms with Crippen LogP contribution in [0.25, 0.3) is 0 Å². The number of aromatic nitrogens is 1. The van der Waals surface area contributed by atoms with Gasteiger partial charge in [-0.25, -0.2) is 0 Å². The van der Waals surface area contributed by atoms with E-state index in [2.05, 4.69) is 11.9 Å². The predicted octanol–water partition coefficient (Wildman–Crippen LogP) is 2.31. The summed E-state index contributed by atoms with van der Waals surface area (Å²) in [5.74, 6) is 0. The molecule has 12 heavy (non-hydrogen) atoms. The first kappa shape index (κ1) is 9.04. The summed E-state index contributed by atoms with van der Waals surface area (Å²) in [5.41, 5.74) is 8.92. The minimum absolute atomic E-state index is 0.867. The van der Waals surface area contributed by atoms with Crippen molar-refractivity contribution in [3.63, 3.8) is 0 Å². The average molecular weight is 164 g/mol. The molecule has 0 aliphatic carbocycles. The molecule has 0 amide bonds. The molecule has 0 spiro atoms. The van der Waals surface area contributed by atoms with E-state index in [-0.39, 0.29) is 0 Å². The van der Waals surface area contributed by atoms with Crippen molar-refractivity contribution in [3.8, 4) is 0 Å². The van der Waals surface area contributed by atoms with Crippen LogP contribution in [0.2, 0.25) is 0 Å². The van der Waals surface area contributed by atoms with Crippen LogP contribution in [0.5, 0.6) is 0 Å². The van der Waals surface area contributed by atoms with Gasteiger partial charge in [0.15, 0.2) is 0 Å². The van der Waals surface area contributed by atoms with Gasteiger partial charge >= 0.3 is 0 Å². The van der Waals surface area contributed by atoms with Gasteiger partial charge in [0.2, 0.25) is 0 Å². The van der Waals surface area contributed by atoms with E-state index in [9.17, 15) is 0 Å². The summed E-state index contributed by atoms with van der Waals surface area (Å²) in [6.07, 6.45) is 5.19. The Hall–Kier alpha value is -1.05. The molecule has 0 unspecified atom stereocenters. The lowest BCUT2D eigenvalue weighted by molar-refractivity contribution is 0.778.